The molecule has 2 atom stereocenters. The van der Waals surface area contributed by atoms with Crippen molar-refractivity contribution in [3.05, 3.63) is 35.9 Å². The molecule has 1 saturated heterocycles. The molecule has 7 heteroatoms. The van der Waals surface area contributed by atoms with Crippen LogP contribution in [0.4, 0.5) is 0 Å². The van der Waals surface area contributed by atoms with Crippen molar-refractivity contribution in [2.75, 3.05) is 13.1 Å². The van der Waals surface area contributed by atoms with Gasteiger partial charge in [0.15, 0.2) is 0 Å². The average molecular weight is 319 g/mol. The van der Waals surface area contributed by atoms with Crippen molar-refractivity contribution in [3.8, 4) is 0 Å². The van der Waals surface area contributed by atoms with E-state index in [4.69, 9.17) is 5.73 Å². The van der Waals surface area contributed by atoms with Gasteiger partial charge in [0, 0.05) is 31.1 Å². The van der Waals surface area contributed by atoms with Crippen LogP contribution in [0.3, 0.4) is 0 Å². The molecule has 1 aliphatic heterocycles. The number of amides is 2. The van der Waals surface area contributed by atoms with Crippen LogP contribution in [0.1, 0.15) is 29.6 Å². The summed E-state index contributed by atoms with van der Waals surface area (Å²) in [7, 11) is 0. The first-order valence-electron chi connectivity index (χ1n) is 7.61. The van der Waals surface area contributed by atoms with Crippen molar-refractivity contribution in [2.24, 2.45) is 5.73 Å². The quantitative estimate of drug-likeness (QED) is 0.718. The lowest BCUT2D eigenvalue weighted by Gasteiger charge is -2.37. The number of rotatable bonds is 5. The smallest absolute Gasteiger partial charge is 0.326 e. The number of nitrogens with two attached hydrogens (primary N) is 1. The normalized spacial score (nSPS) is 20.8. The summed E-state index contributed by atoms with van der Waals surface area (Å²) in [5, 5.41) is 12.2. The molecule has 1 aliphatic rings. The first-order chi connectivity index (χ1) is 11.0. The van der Waals surface area contributed by atoms with Crippen molar-refractivity contribution in [1.29, 1.82) is 0 Å². The molecule has 0 radical (unpaired) electrons. The predicted molar refractivity (Wildman–Crippen MR) is 83.7 cm³/mol. The van der Waals surface area contributed by atoms with Gasteiger partial charge in [0.2, 0.25) is 5.91 Å². The minimum Gasteiger partial charge on any atom is -0.480 e. The molecule has 0 unspecified atom stereocenters. The zero-order chi connectivity index (χ0) is 16.8. The fourth-order valence-electron chi connectivity index (χ4n) is 2.75. The summed E-state index contributed by atoms with van der Waals surface area (Å²) in [4.78, 5) is 36.9. The second kappa shape index (κ2) is 7.73. The highest BCUT2D eigenvalue weighted by Crippen LogP contribution is 2.19. The summed E-state index contributed by atoms with van der Waals surface area (Å²) in [6, 6.07) is 7.55. The molecule has 0 aliphatic carbocycles. The molecule has 0 saturated carbocycles. The molecule has 7 nitrogen and oxygen atoms in total. The number of likely N-dealkylation sites (tertiary alicyclic amines) is 1. The number of carboxylic acid groups (broad SMARTS) is 1. The Morgan fingerprint density at radius 3 is 2.57 bits per heavy atom. The van der Waals surface area contributed by atoms with Gasteiger partial charge in [-0.2, -0.15) is 0 Å². The lowest BCUT2D eigenvalue weighted by atomic mass is 9.96. The molecule has 0 bridgehead atoms. The van der Waals surface area contributed by atoms with E-state index in [0.29, 0.717) is 18.5 Å². The van der Waals surface area contributed by atoms with E-state index in [-0.39, 0.29) is 37.2 Å². The second-order valence-corrected chi connectivity index (χ2v) is 5.54. The Labute approximate surface area is 134 Å². The number of piperidine rings is 1. The first-order valence-corrected chi connectivity index (χ1v) is 7.61. The second-order valence-electron chi connectivity index (χ2n) is 5.54. The number of hydrogen-bond acceptors (Lipinski definition) is 4. The topological polar surface area (TPSA) is 113 Å². The van der Waals surface area contributed by atoms with Crippen LogP contribution in [0.5, 0.6) is 0 Å². The van der Waals surface area contributed by atoms with Crippen LogP contribution in [-0.2, 0) is 9.59 Å². The number of aliphatic carboxylic acids is 1. The largest absolute Gasteiger partial charge is 0.480 e. The van der Waals surface area contributed by atoms with Gasteiger partial charge in [-0.3, -0.25) is 9.59 Å². The SMILES string of the molecule is NCCC(=O)N1CC[C@H](NC(=O)c2ccccc2)C[C@H]1C(=O)O. The molecule has 23 heavy (non-hydrogen) atoms. The van der Waals surface area contributed by atoms with Crippen molar-refractivity contribution in [2.45, 2.75) is 31.3 Å². The van der Waals surface area contributed by atoms with Crippen LogP contribution in [-0.4, -0.2) is 53.0 Å². The molecule has 1 fully saturated rings. The minimum absolute atomic E-state index is 0.130. The lowest BCUT2D eigenvalue weighted by Crippen LogP contribution is -2.55. The Morgan fingerprint density at radius 2 is 1.96 bits per heavy atom. The van der Waals surface area contributed by atoms with E-state index >= 15 is 0 Å². The van der Waals surface area contributed by atoms with Gasteiger partial charge in [-0.15, -0.1) is 0 Å². The Balaban J connectivity index is 2.00. The van der Waals surface area contributed by atoms with Gasteiger partial charge >= 0.3 is 5.97 Å². The van der Waals surface area contributed by atoms with Crippen molar-refractivity contribution in [1.82, 2.24) is 10.2 Å². The molecule has 2 rings (SSSR count). The van der Waals surface area contributed by atoms with Gasteiger partial charge in [-0.25, -0.2) is 4.79 Å². The number of carboxylic acids is 1. The number of carbonyl (C=O) groups is 3. The van der Waals surface area contributed by atoms with E-state index < -0.39 is 12.0 Å². The molecule has 1 heterocycles. The van der Waals surface area contributed by atoms with E-state index in [1.807, 2.05) is 6.07 Å². The van der Waals surface area contributed by atoms with Crippen LogP contribution in [0, 0.1) is 0 Å². The predicted octanol–water partition coefficient (Wildman–Crippen LogP) is 0.209. The fourth-order valence-corrected chi connectivity index (χ4v) is 2.75. The van der Waals surface area contributed by atoms with Gasteiger partial charge in [0.05, 0.1) is 0 Å². The summed E-state index contributed by atoms with van der Waals surface area (Å²) < 4.78 is 0. The van der Waals surface area contributed by atoms with Crippen LogP contribution in [0.25, 0.3) is 0 Å². The maximum absolute atomic E-state index is 12.2. The molecule has 1 aromatic carbocycles. The standard InChI is InChI=1S/C16H21N3O4/c17-8-6-14(20)19-9-7-12(10-13(19)16(22)23)18-15(21)11-4-2-1-3-5-11/h1-5,12-13H,6-10,17H2,(H,18,21)(H,22,23)/t12-,13-/m0/s1. The molecule has 0 spiro atoms. The highest BCUT2D eigenvalue weighted by Gasteiger charge is 2.36. The van der Waals surface area contributed by atoms with E-state index in [0.717, 1.165) is 0 Å². The number of carbonyl (C=O) groups excluding carboxylic acids is 2. The highest BCUT2D eigenvalue weighted by molar-refractivity contribution is 5.94. The monoisotopic (exact) mass is 319 g/mol. The summed E-state index contributed by atoms with van der Waals surface area (Å²) in [5.41, 5.74) is 5.89. The van der Waals surface area contributed by atoms with Crippen molar-refractivity contribution in [3.63, 3.8) is 0 Å². The summed E-state index contributed by atoms with van der Waals surface area (Å²) >= 11 is 0. The summed E-state index contributed by atoms with van der Waals surface area (Å²) in [5.74, 6) is -1.55. The zero-order valence-electron chi connectivity index (χ0n) is 12.8. The molecule has 2 amide bonds. The molecule has 1 aromatic rings. The maximum atomic E-state index is 12.2. The molecule has 0 aromatic heterocycles. The van der Waals surface area contributed by atoms with Gasteiger partial charge in [-0.1, -0.05) is 18.2 Å². The Morgan fingerprint density at radius 1 is 1.26 bits per heavy atom. The third-order valence-corrected chi connectivity index (χ3v) is 3.94. The van der Waals surface area contributed by atoms with Crippen molar-refractivity contribution < 1.29 is 19.5 Å². The highest BCUT2D eigenvalue weighted by atomic mass is 16.4. The Hall–Kier alpha value is -2.41. The number of nitrogens with one attached hydrogen (secondary N) is 1. The summed E-state index contributed by atoms with van der Waals surface area (Å²) in [6.45, 7) is 0.491. The molecule has 4 N–H and O–H groups in total. The minimum atomic E-state index is -1.06. The Kier molecular flexibility index (Phi) is 5.70. The molecule has 124 valence electrons. The van der Waals surface area contributed by atoms with E-state index in [2.05, 4.69) is 5.32 Å². The fraction of sp³-hybridized carbons (Fsp3) is 0.438. The number of benzene rings is 1. The van der Waals surface area contributed by atoms with Gasteiger partial charge in [0.25, 0.3) is 5.91 Å². The third-order valence-electron chi connectivity index (χ3n) is 3.94. The van der Waals surface area contributed by atoms with E-state index in [9.17, 15) is 19.5 Å². The lowest BCUT2D eigenvalue weighted by molar-refractivity contribution is -0.152. The van der Waals surface area contributed by atoms with Gasteiger partial charge in [-0.05, 0) is 25.0 Å². The van der Waals surface area contributed by atoms with Gasteiger partial charge in [0.1, 0.15) is 6.04 Å². The number of nitrogens with zero attached hydrogens (tertiary/aromatic N) is 1. The zero-order valence-corrected chi connectivity index (χ0v) is 12.8. The first kappa shape index (κ1) is 17.0. The Bertz CT molecular complexity index is 576. The number of hydrogen-bond donors (Lipinski definition) is 3. The van der Waals surface area contributed by atoms with Crippen molar-refractivity contribution >= 4 is 17.8 Å². The van der Waals surface area contributed by atoms with E-state index in [1.165, 1.54) is 4.90 Å². The van der Waals surface area contributed by atoms with E-state index in [1.54, 1.807) is 24.3 Å². The summed E-state index contributed by atoms with van der Waals surface area (Å²) in [6.07, 6.45) is 0.855. The third kappa shape index (κ3) is 4.29. The van der Waals surface area contributed by atoms with Crippen LogP contribution < -0.4 is 11.1 Å². The van der Waals surface area contributed by atoms with Crippen LogP contribution >= 0.6 is 0 Å². The molecular weight excluding hydrogens is 298 g/mol. The van der Waals surface area contributed by atoms with Crippen LogP contribution in [0.15, 0.2) is 30.3 Å². The van der Waals surface area contributed by atoms with Crippen LogP contribution in [0.2, 0.25) is 0 Å². The maximum Gasteiger partial charge on any atom is 0.326 e. The van der Waals surface area contributed by atoms with Gasteiger partial charge < -0.3 is 21.1 Å². The average Bonchev–Trinajstić information content (AvgIpc) is 2.55. The molecular formula is C16H21N3O4.